The van der Waals surface area contributed by atoms with Gasteiger partial charge in [-0.15, -0.1) is 0 Å². The molecule has 0 bridgehead atoms. The van der Waals surface area contributed by atoms with E-state index in [1.54, 1.807) is 50.6 Å². The van der Waals surface area contributed by atoms with Gasteiger partial charge in [0, 0.05) is 17.4 Å². The molecule has 2 aromatic carbocycles. The molecule has 7 heteroatoms. The SMILES string of the molecule is COc1ccc(NCC(=O)Nc2ccc(Cl)c(Cl)c2)cc1OC. The Hall–Kier alpha value is -2.11. The maximum Gasteiger partial charge on any atom is 0.243 e. The average molecular weight is 355 g/mol. The smallest absolute Gasteiger partial charge is 0.243 e. The first-order valence-electron chi connectivity index (χ1n) is 6.74. The molecular formula is C16H16Cl2N2O3. The Morgan fingerprint density at radius 1 is 0.957 bits per heavy atom. The van der Waals surface area contributed by atoms with E-state index in [2.05, 4.69) is 10.6 Å². The van der Waals surface area contributed by atoms with Gasteiger partial charge in [-0.1, -0.05) is 23.2 Å². The van der Waals surface area contributed by atoms with Crippen LogP contribution in [0.1, 0.15) is 0 Å². The fourth-order valence-corrected chi connectivity index (χ4v) is 2.21. The number of carbonyl (C=O) groups is 1. The number of hydrogen-bond donors (Lipinski definition) is 2. The van der Waals surface area contributed by atoms with Crippen LogP contribution in [0.15, 0.2) is 36.4 Å². The van der Waals surface area contributed by atoms with Crippen molar-refractivity contribution in [2.24, 2.45) is 0 Å². The average Bonchev–Trinajstić information content (AvgIpc) is 2.56. The van der Waals surface area contributed by atoms with Gasteiger partial charge in [0.25, 0.3) is 0 Å². The summed E-state index contributed by atoms with van der Waals surface area (Å²) in [6.07, 6.45) is 0. The molecule has 0 aliphatic heterocycles. The summed E-state index contributed by atoms with van der Waals surface area (Å²) in [5.41, 5.74) is 1.32. The molecule has 2 aromatic rings. The summed E-state index contributed by atoms with van der Waals surface area (Å²) < 4.78 is 10.4. The van der Waals surface area contributed by atoms with E-state index in [9.17, 15) is 4.79 Å². The first-order valence-corrected chi connectivity index (χ1v) is 7.50. The van der Waals surface area contributed by atoms with Crippen LogP contribution >= 0.6 is 23.2 Å². The summed E-state index contributed by atoms with van der Waals surface area (Å²) in [5, 5.41) is 6.57. The number of benzene rings is 2. The lowest BCUT2D eigenvalue weighted by Gasteiger charge is -2.11. The Labute approximate surface area is 144 Å². The third kappa shape index (κ3) is 4.68. The third-order valence-electron chi connectivity index (χ3n) is 3.04. The maximum atomic E-state index is 12.0. The molecule has 0 aliphatic carbocycles. The van der Waals surface area contributed by atoms with E-state index < -0.39 is 0 Å². The van der Waals surface area contributed by atoms with E-state index in [1.807, 2.05) is 0 Å². The normalized spacial score (nSPS) is 10.1. The molecule has 0 saturated heterocycles. The quantitative estimate of drug-likeness (QED) is 0.820. The van der Waals surface area contributed by atoms with Gasteiger partial charge >= 0.3 is 0 Å². The van der Waals surface area contributed by atoms with Crippen LogP contribution in [0.3, 0.4) is 0 Å². The minimum Gasteiger partial charge on any atom is -0.493 e. The van der Waals surface area contributed by atoms with Gasteiger partial charge in [-0.05, 0) is 30.3 Å². The number of anilines is 2. The molecule has 0 heterocycles. The van der Waals surface area contributed by atoms with E-state index >= 15 is 0 Å². The van der Waals surface area contributed by atoms with Gasteiger partial charge < -0.3 is 20.1 Å². The third-order valence-corrected chi connectivity index (χ3v) is 3.78. The highest BCUT2D eigenvalue weighted by Gasteiger charge is 2.07. The van der Waals surface area contributed by atoms with Gasteiger partial charge in [-0.3, -0.25) is 4.79 Å². The van der Waals surface area contributed by atoms with Crippen molar-refractivity contribution in [3.63, 3.8) is 0 Å². The van der Waals surface area contributed by atoms with Crippen LogP contribution in [0.5, 0.6) is 11.5 Å². The number of hydrogen-bond acceptors (Lipinski definition) is 4. The molecule has 5 nitrogen and oxygen atoms in total. The summed E-state index contributed by atoms with van der Waals surface area (Å²) in [5.74, 6) is 0.999. The molecule has 122 valence electrons. The molecule has 23 heavy (non-hydrogen) atoms. The minimum atomic E-state index is -0.210. The van der Waals surface area contributed by atoms with Gasteiger partial charge in [0.05, 0.1) is 30.8 Å². The van der Waals surface area contributed by atoms with Crippen LogP contribution in [-0.2, 0) is 4.79 Å². The second kappa shape index (κ2) is 7.94. The molecule has 0 saturated carbocycles. The van der Waals surface area contributed by atoms with E-state index in [0.717, 1.165) is 5.69 Å². The molecule has 1 amide bonds. The van der Waals surface area contributed by atoms with Crippen LogP contribution in [0.25, 0.3) is 0 Å². The zero-order valence-corrected chi connectivity index (χ0v) is 14.2. The Morgan fingerprint density at radius 3 is 2.30 bits per heavy atom. The molecule has 0 fully saturated rings. The number of halogens is 2. The van der Waals surface area contributed by atoms with Gasteiger partial charge in [0.2, 0.25) is 5.91 Å². The van der Waals surface area contributed by atoms with Crippen molar-refractivity contribution in [3.8, 4) is 11.5 Å². The van der Waals surface area contributed by atoms with Gasteiger partial charge in [0.15, 0.2) is 11.5 Å². The van der Waals surface area contributed by atoms with Crippen molar-refractivity contribution in [2.75, 3.05) is 31.4 Å². The van der Waals surface area contributed by atoms with E-state index in [4.69, 9.17) is 32.7 Å². The number of ether oxygens (including phenoxy) is 2. The van der Waals surface area contributed by atoms with Crippen LogP contribution in [0.4, 0.5) is 11.4 Å². The van der Waals surface area contributed by atoms with Gasteiger partial charge in [0.1, 0.15) is 0 Å². The fourth-order valence-electron chi connectivity index (χ4n) is 1.91. The topological polar surface area (TPSA) is 59.6 Å². The monoisotopic (exact) mass is 354 g/mol. The van der Waals surface area contributed by atoms with Crippen molar-refractivity contribution in [2.45, 2.75) is 0 Å². The standard InChI is InChI=1S/C16H16Cl2N2O3/c1-22-14-6-4-10(8-15(14)23-2)19-9-16(21)20-11-3-5-12(17)13(18)7-11/h3-8,19H,9H2,1-2H3,(H,20,21). The van der Waals surface area contributed by atoms with Crippen LogP contribution < -0.4 is 20.1 Å². The van der Waals surface area contributed by atoms with Crippen molar-refractivity contribution in [3.05, 3.63) is 46.4 Å². The van der Waals surface area contributed by atoms with E-state index in [0.29, 0.717) is 27.2 Å². The van der Waals surface area contributed by atoms with Gasteiger partial charge in [-0.25, -0.2) is 0 Å². The number of nitrogens with one attached hydrogen (secondary N) is 2. The van der Waals surface area contributed by atoms with E-state index in [1.165, 1.54) is 0 Å². The number of rotatable bonds is 6. The maximum absolute atomic E-state index is 12.0. The van der Waals surface area contributed by atoms with Crippen molar-refractivity contribution >= 4 is 40.5 Å². The van der Waals surface area contributed by atoms with Crippen molar-refractivity contribution in [1.82, 2.24) is 0 Å². The first-order chi connectivity index (χ1) is 11.0. The molecule has 2 N–H and O–H groups in total. The number of carbonyl (C=O) groups excluding carboxylic acids is 1. The number of methoxy groups -OCH3 is 2. The molecule has 2 rings (SSSR count). The Balaban J connectivity index is 1.95. The molecule has 0 unspecified atom stereocenters. The molecule has 0 aliphatic rings. The molecular weight excluding hydrogens is 339 g/mol. The van der Waals surface area contributed by atoms with Crippen molar-refractivity contribution in [1.29, 1.82) is 0 Å². The second-order valence-corrected chi connectivity index (χ2v) is 5.41. The minimum absolute atomic E-state index is 0.0930. The van der Waals surface area contributed by atoms with E-state index in [-0.39, 0.29) is 12.5 Å². The summed E-state index contributed by atoms with van der Waals surface area (Å²) in [6.45, 7) is 0.0930. The van der Waals surface area contributed by atoms with Crippen molar-refractivity contribution < 1.29 is 14.3 Å². The largest absolute Gasteiger partial charge is 0.493 e. The summed E-state index contributed by atoms with van der Waals surface area (Å²) >= 11 is 11.7. The van der Waals surface area contributed by atoms with Gasteiger partial charge in [-0.2, -0.15) is 0 Å². The summed E-state index contributed by atoms with van der Waals surface area (Å²) in [6, 6.07) is 10.2. The number of amides is 1. The fraction of sp³-hybridized carbons (Fsp3) is 0.188. The lowest BCUT2D eigenvalue weighted by atomic mass is 10.2. The lowest BCUT2D eigenvalue weighted by molar-refractivity contribution is -0.114. The highest BCUT2D eigenvalue weighted by atomic mass is 35.5. The van der Waals surface area contributed by atoms with Crippen LogP contribution in [0, 0.1) is 0 Å². The summed E-state index contributed by atoms with van der Waals surface area (Å²) in [7, 11) is 3.12. The van der Waals surface area contributed by atoms with Crippen LogP contribution in [0.2, 0.25) is 10.0 Å². The molecule has 0 spiro atoms. The second-order valence-electron chi connectivity index (χ2n) is 4.60. The lowest BCUT2D eigenvalue weighted by Crippen LogP contribution is -2.21. The Morgan fingerprint density at radius 2 is 1.65 bits per heavy atom. The van der Waals surface area contributed by atoms with Crippen LogP contribution in [-0.4, -0.2) is 26.7 Å². The Bertz CT molecular complexity index is 708. The predicted molar refractivity (Wildman–Crippen MR) is 93.1 cm³/mol. The summed E-state index contributed by atoms with van der Waals surface area (Å²) in [4.78, 5) is 12.0. The molecule has 0 aromatic heterocycles. The highest BCUT2D eigenvalue weighted by molar-refractivity contribution is 6.42. The zero-order valence-electron chi connectivity index (χ0n) is 12.7. The first kappa shape index (κ1) is 17.2. The predicted octanol–water partition coefficient (Wildman–Crippen LogP) is 4.06. The Kier molecular flexibility index (Phi) is 5.96. The molecule has 0 radical (unpaired) electrons. The highest BCUT2D eigenvalue weighted by Crippen LogP contribution is 2.29. The molecule has 0 atom stereocenters. The zero-order chi connectivity index (χ0) is 16.8.